The number of allylic oxidation sites excluding steroid dienone is 9. The van der Waals surface area contributed by atoms with Crippen molar-refractivity contribution < 1.29 is 0 Å². The smallest absolute Gasteiger partial charge is 0.0967 e. The first-order valence-electron chi connectivity index (χ1n) is 14.5. The highest BCUT2D eigenvalue weighted by Gasteiger charge is 2.23. The van der Waals surface area contributed by atoms with Crippen molar-refractivity contribution in [3.8, 4) is 12.3 Å². The van der Waals surface area contributed by atoms with E-state index in [1.807, 2.05) is 25.2 Å². The molecule has 0 fully saturated rings. The maximum atomic E-state index is 6.05. The fraction of sp³-hybridized carbons (Fsp3) is 0.432. The molecule has 0 saturated heterocycles. The van der Waals surface area contributed by atoms with Crippen LogP contribution in [0, 0.1) is 24.2 Å². The Morgan fingerprint density at radius 1 is 1.15 bits per heavy atom. The van der Waals surface area contributed by atoms with Gasteiger partial charge in [0, 0.05) is 27.4 Å². The van der Waals surface area contributed by atoms with Crippen LogP contribution in [0.1, 0.15) is 97.4 Å². The van der Waals surface area contributed by atoms with Gasteiger partial charge in [0.2, 0.25) is 0 Å². The summed E-state index contributed by atoms with van der Waals surface area (Å²) in [6, 6.07) is 7.03. The van der Waals surface area contributed by atoms with E-state index in [4.69, 9.17) is 6.42 Å². The molecule has 3 unspecified atom stereocenters. The third-order valence-electron chi connectivity index (χ3n) is 8.06. The van der Waals surface area contributed by atoms with Crippen LogP contribution in [0.3, 0.4) is 0 Å². The Morgan fingerprint density at radius 2 is 1.90 bits per heavy atom. The fourth-order valence-corrected chi connectivity index (χ4v) is 6.43. The van der Waals surface area contributed by atoms with Gasteiger partial charge in [-0.25, -0.2) is 0 Å². The van der Waals surface area contributed by atoms with E-state index in [-0.39, 0.29) is 0 Å². The van der Waals surface area contributed by atoms with Gasteiger partial charge in [-0.15, -0.1) is 12.2 Å². The number of fused-ring (bicyclic) bond motifs is 3. The molecule has 1 aliphatic rings. The molecule has 0 N–H and O–H groups in total. The number of aromatic nitrogens is 1. The maximum absolute atomic E-state index is 6.05. The molecule has 206 valence electrons. The van der Waals surface area contributed by atoms with Crippen LogP contribution in [-0.4, -0.2) is 8.49 Å². The Morgan fingerprint density at radius 3 is 2.51 bits per heavy atom. The monoisotopic (exact) mass is 631 g/mol. The van der Waals surface area contributed by atoms with Crippen molar-refractivity contribution in [1.82, 2.24) is 4.57 Å². The first-order chi connectivity index (χ1) is 18.6. The van der Waals surface area contributed by atoms with Gasteiger partial charge in [0.25, 0.3) is 0 Å². The summed E-state index contributed by atoms with van der Waals surface area (Å²) in [6.45, 7) is 17.9. The van der Waals surface area contributed by atoms with E-state index >= 15 is 0 Å². The third kappa shape index (κ3) is 7.59. The van der Waals surface area contributed by atoms with E-state index in [0.29, 0.717) is 9.84 Å². The van der Waals surface area contributed by atoms with Crippen molar-refractivity contribution in [2.45, 2.75) is 90.9 Å². The van der Waals surface area contributed by atoms with Gasteiger partial charge < -0.3 is 4.57 Å². The van der Waals surface area contributed by atoms with E-state index < -0.39 is 0 Å². The van der Waals surface area contributed by atoms with Crippen LogP contribution in [0.2, 0.25) is 0 Å². The van der Waals surface area contributed by atoms with Crippen LogP contribution >= 0.6 is 22.6 Å². The van der Waals surface area contributed by atoms with E-state index in [0.717, 1.165) is 29.6 Å². The standard InChI is InChI=1S/C37H46IN/c1-10-13-14-33(12-3)39-36-19-16-30(28(9)22-32(38)18-15-27(8)26(6)7)23-34(36)35-24-31(17-20-37(35)39)29(11-2)21-25(4)5/h3,10-11,13-14,16,19-21,23,26-28,32H,15,18,22,24H2,1-2,4-9H3/b13-10-,29-11+,33-14+. The van der Waals surface area contributed by atoms with Crippen LogP contribution in [0.4, 0.5) is 0 Å². The zero-order valence-electron chi connectivity index (χ0n) is 25.2. The third-order valence-corrected chi connectivity index (χ3v) is 9.20. The van der Waals surface area contributed by atoms with Crippen LogP contribution in [0.25, 0.3) is 22.7 Å². The number of hydrogen-bond donors (Lipinski definition) is 0. The van der Waals surface area contributed by atoms with Crippen molar-refractivity contribution in [3.05, 3.63) is 87.9 Å². The second-order valence-corrected chi connectivity index (χ2v) is 13.4. The van der Waals surface area contributed by atoms with Gasteiger partial charge in [-0.3, -0.25) is 0 Å². The largest absolute Gasteiger partial charge is 0.302 e. The Hall–Kier alpha value is -2.47. The summed E-state index contributed by atoms with van der Waals surface area (Å²) >= 11 is 2.68. The molecule has 1 nitrogen and oxygen atoms in total. The van der Waals surface area contributed by atoms with Gasteiger partial charge in [-0.2, -0.15) is 0 Å². The SMILES string of the molecule is C#C/C(=C\C=C/C)n1c2c(c3cc(C(C)CC(I)CCC(C)C(C)C)ccc31)CC(/C(C=C(C)C)=C/C)=C=C2. The minimum atomic E-state index is 0.501. The van der Waals surface area contributed by atoms with Gasteiger partial charge in [0.05, 0.1) is 16.9 Å². The second kappa shape index (κ2) is 14.2. The molecular formula is C37H46IN. The average molecular weight is 632 g/mol. The number of terminal acetylenes is 1. The predicted molar refractivity (Wildman–Crippen MR) is 182 cm³/mol. The molecule has 0 amide bonds. The molecule has 0 aliphatic heterocycles. The molecule has 1 aliphatic carbocycles. The predicted octanol–water partition coefficient (Wildman–Crippen LogP) is 11.1. The summed E-state index contributed by atoms with van der Waals surface area (Å²) in [5, 5.41) is 1.30. The highest BCUT2D eigenvalue weighted by molar-refractivity contribution is 14.1. The minimum absolute atomic E-state index is 0.501. The molecular weight excluding hydrogens is 585 g/mol. The number of halogens is 1. The number of hydrogen-bond acceptors (Lipinski definition) is 0. The molecule has 2 heteroatoms. The number of nitrogens with zero attached hydrogens (tertiary/aromatic N) is 1. The first-order valence-corrected chi connectivity index (χ1v) is 15.7. The summed E-state index contributed by atoms with van der Waals surface area (Å²) in [4.78, 5) is 0. The molecule has 1 heterocycles. The molecule has 0 bridgehead atoms. The highest BCUT2D eigenvalue weighted by atomic mass is 127. The molecule has 0 spiro atoms. The quantitative estimate of drug-likeness (QED) is 0.0765. The van der Waals surface area contributed by atoms with Gasteiger partial charge in [-0.1, -0.05) is 92.1 Å². The van der Waals surface area contributed by atoms with Gasteiger partial charge in [0.1, 0.15) is 0 Å². The molecule has 3 atom stereocenters. The van der Waals surface area contributed by atoms with E-state index in [9.17, 15) is 0 Å². The number of alkyl halides is 1. The lowest BCUT2D eigenvalue weighted by atomic mass is 9.88. The molecule has 2 aromatic rings. The van der Waals surface area contributed by atoms with Crippen LogP contribution in [0.15, 0.2) is 71.0 Å². The summed E-state index contributed by atoms with van der Waals surface area (Å²) in [6.07, 6.45) is 23.3. The summed E-state index contributed by atoms with van der Waals surface area (Å²) in [7, 11) is 0. The van der Waals surface area contributed by atoms with Crippen LogP contribution in [-0.2, 0) is 6.42 Å². The Balaban J connectivity index is 2.06. The minimum Gasteiger partial charge on any atom is -0.302 e. The van der Waals surface area contributed by atoms with Crippen molar-refractivity contribution >= 4 is 45.3 Å². The maximum Gasteiger partial charge on any atom is 0.0967 e. The summed E-state index contributed by atoms with van der Waals surface area (Å²) < 4.78 is 2.93. The normalized spacial score (nSPS) is 16.3. The number of rotatable bonds is 11. The van der Waals surface area contributed by atoms with Gasteiger partial charge >= 0.3 is 0 Å². The molecule has 0 saturated carbocycles. The molecule has 1 aromatic carbocycles. The molecule has 1 aromatic heterocycles. The van der Waals surface area contributed by atoms with E-state index in [2.05, 4.69) is 124 Å². The van der Waals surface area contributed by atoms with Crippen molar-refractivity contribution in [2.75, 3.05) is 0 Å². The van der Waals surface area contributed by atoms with Crippen molar-refractivity contribution in [3.63, 3.8) is 0 Å². The molecule has 3 rings (SSSR count). The van der Waals surface area contributed by atoms with Crippen LogP contribution < -0.4 is 0 Å². The van der Waals surface area contributed by atoms with Crippen molar-refractivity contribution in [2.24, 2.45) is 11.8 Å². The zero-order chi connectivity index (χ0) is 28.7. The Bertz CT molecular complexity index is 1400. The lowest BCUT2D eigenvalue weighted by molar-refractivity contribution is 0.378. The average Bonchev–Trinajstić information content (AvgIpc) is 3.23. The topological polar surface area (TPSA) is 4.93 Å². The number of benzene rings is 1. The van der Waals surface area contributed by atoms with E-state index in [1.165, 1.54) is 58.0 Å². The van der Waals surface area contributed by atoms with Gasteiger partial charge in [0.15, 0.2) is 0 Å². The fourth-order valence-electron chi connectivity index (χ4n) is 5.31. The zero-order valence-corrected chi connectivity index (χ0v) is 27.4. The van der Waals surface area contributed by atoms with E-state index in [1.54, 1.807) is 0 Å². The molecule has 39 heavy (non-hydrogen) atoms. The van der Waals surface area contributed by atoms with Crippen LogP contribution in [0.5, 0.6) is 0 Å². The highest BCUT2D eigenvalue weighted by Crippen LogP contribution is 2.38. The Labute approximate surface area is 251 Å². The summed E-state index contributed by atoms with van der Waals surface area (Å²) in [5.41, 5.74) is 13.3. The van der Waals surface area contributed by atoms with Crippen molar-refractivity contribution in [1.29, 1.82) is 0 Å². The molecule has 0 radical (unpaired) electrons. The first kappa shape index (κ1) is 31.1. The second-order valence-electron chi connectivity index (χ2n) is 11.6. The summed E-state index contributed by atoms with van der Waals surface area (Å²) in [5.74, 6) is 4.98. The lowest BCUT2D eigenvalue weighted by Crippen LogP contribution is -2.09. The Kier molecular flexibility index (Phi) is 11.3. The lowest BCUT2D eigenvalue weighted by Gasteiger charge is -2.20. The van der Waals surface area contributed by atoms with Gasteiger partial charge in [-0.05, 0) is 99.6 Å².